The van der Waals surface area contributed by atoms with Crippen molar-refractivity contribution in [1.82, 2.24) is 4.90 Å². The van der Waals surface area contributed by atoms with Gasteiger partial charge in [0.2, 0.25) is 0 Å². The number of aliphatic hydroxyl groups is 2. The quantitative estimate of drug-likeness (QED) is 0.410. The maximum Gasteiger partial charge on any atom is 0.0900 e. The lowest BCUT2D eigenvalue weighted by molar-refractivity contribution is -0.0495. The van der Waals surface area contributed by atoms with E-state index in [9.17, 15) is 5.11 Å². The minimum absolute atomic E-state index is 0.111. The number of hydrogen-bond donors (Lipinski definition) is 2. The summed E-state index contributed by atoms with van der Waals surface area (Å²) in [6.07, 6.45) is 8.06. The van der Waals surface area contributed by atoms with Crippen LogP contribution in [0.1, 0.15) is 72.6 Å². The molecule has 0 aromatic rings. The molecule has 1 aliphatic rings. The first-order chi connectivity index (χ1) is 13.3. The topological polar surface area (TPSA) is 62.2 Å². The molecule has 0 aromatic carbocycles. The lowest BCUT2D eigenvalue weighted by Gasteiger charge is -2.44. The largest absolute Gasteiger partial charge is 0.394 e. The normalized spacial score (nSPS) is 23.1. The molecule has 0 saturated heterocycles. The van der Waals surface area contributed by atoms with E-state index in [2.05, 4.69) is 32.6 Å². The second kappa shape index (κ2) is 13.9. The first-order valence-electron chi connectivity index (χ1n) is 11.5. The van der Waals surface area contributed by atoms with E-state index < -0.39 is 6.10 Å². The van der Waals surface area contributed by atoms with Gasteiger partial charge in [0.05, 0.1) is 32.0 Å². The molecule has 0 heterocycles. The summed E-state index contributed by atoms with van der Waals surface area (Å²) in [7, 11) is 2.03. The Kier molecular flexibility index (Phi) is 12.8. The van der Waals surface area contributed by atoms with Gasteiger partial charge in [-0.3, -0.25) is 0 Å². The van der Waals surface area contributed by atoms with Crippen LogP contribution in [0.25, 0.3) is 0 Å². The van der Waals surface area contributed by atoms with Crippen LogP contribution in [0.15, 0.2) is 0 Å². The van der Waals surface area contributed by atoms with Crippen molar-refractivity contribution < 1.29 is 19.7 Å². The molecule has 1 aliphatic carbocycles. The van der Waals surface area contributed by atoms with Gasteiger partial charge < -0.3 is 24.6 Å². The summed E-state index contributed by atoms with van der Waals surface area (Å²) in [5, 5.41) is 18.9. The van der Waals surface area contributed by atoms with Gasteiger partial charge in [-0.25, -0.2) is 0 Å². The lowest BCUT2D eigenvalue weighted by atomic mass is 9.62. The third-order valence-corrected chi connectivity index (χ3v) is 6.93. The van der Waals surface area contributed by atoms with E-state index in [1.165, 1.54) is 25.7 Å². The van der Waals surface area contributed by atoms with Gasteiger partial charge in [0.25, 0.3) is 0 Å². The van der Waals surface area contributed by atoms with Crippen LogP contribution in [-0.2, 0) is 9.47 Å². The van der Waals surface area contributed by atoms with E-state index in [1.807, 2.05) is 7.05 Å². The van der Waals surface area contributed by atoms with E-state index in [0.29, 0.717) is 37.2 Å². The van der Waals surface area contributed by atoms with Crippen molar-refractivity contribution in [2.24, 2.45) is 17.3 Å². The minimum atomic E-state index is -0.392. The van der Waals surface area contributed by atoms with Crippen LogP contribution in [0.4, 0.5) is 0 Å². The van der Waals surface area contributed by atoms with Crippen molar-refractivity contribution >= 4 is 0 Å². The van der Waals surface area contributed by atoms with Crippen LogP contribution in [0.2, 0.25) is 0 Å². The Morgan fingerprint density at radius 2 is 1.79 bits per heavy atom. The van der Waals surface area contributed by atoms with Crippen molar-refractivity contribution in [3.63, 3.8) is 0 Å². The molecule has 0 radical (unpaired) electrons. The molecule has 0 spiro atoms. The van der Waals surface area contributed by atoms with E-state index in [0.717, 1.165) is 38.3 Å². The van der Waals surface area contributed by atoms with Gasteiger partial charge in [-0.15, -0.1) is 0 Å². The zero-order valence-electron chi connectivity index (χ0n) is 19.2. The molecule has 1 rings (SSSR count). The molecule has 28 heavy (non-hydrogen) atoms. The van der Waals surface area contributed by atoms with Crippen molar-refractivity contribution in [3.05, 3.63) is 0 Å². The Morgan fingerprint density at radius 1 is 1.11 bits per heavy atom. The maximum atomic E-state index is 10.1. The summed E-state index contributed by atoms with van der Waals surface area (Å²) < 4.78 is 11.5. The molecule has 2 atom stereocenters. The van der Waals surface area contributed by atoms with Crippen LogP contribution in [0.3, 0.4) is 0 Å². The average molecular weight is 402 g/mol. The summed E-state index contributed by atoms with van der Waals surface area (Å²) in [6, 6.07) is 0. The van der Waals surface area contributed by atoms with Crippen molar-refractivity contribution in [2.45, 2.75) is 84.8 Å². The van der Waals surface area contributed by atoms with Crippen molar-refractivity contribution in [2.75, 3.05) is 46.6 Å². The third kappa shape index (κ3) is 9.08. The van der Waals surface area contributed by atoms with E-state index in [-0.39, 0.29) is 6.61 Å². The number of hydrogen-bond acceptors (Lipinski definition) is 5. The predicted molar refractivity (Wildman–Crippen MR) is 116 cm³/mol. The van der Waals surface area contributed by atoms with E-state index >= 15 is 0 Å². The van der Waals surface area contributed by atoms with E-state index in [1.54, 1.807) is 0 Å². The second-order valence-electron chi connectivity index (χ2n) is 9.22. The van der Waals surface area contributed by atoms with Gasteiger partial charge >= 0.3 is 0 Å². The Morgan fingerprint density at radius 3 is 2.36 bits per heavy atom. The first-order valence-corrected chi connectivity index (χ1v) is 11.5. The van der Waals surface area contributed by atoms with Gasteiger partial charge in [0, 0.05) is 13.2 Å². The average Bonchev–Trinajstić information content (AvgIpc) is 2.69. The number of rotatable bonds is 15. The zero-order chi connectivity index (χ0) is 21.0. The number of nitrogens with zero attached hydrogens (tertiary/aromatic N) is 1. The number of likely N-dealkylation sites (N-methyl/N-ethyl adjacent to an activating group) is 1. The monoisotopic (exact) mass is 401 g/mol. The summed E-state index contributed by atoms with van der Waals surface area (Å²) in [5.74, 6) is 1.45. The van der Waals surface area contributed by atoms with Crippen molar-refractivity contribution in [1.29, 1.82) is 0 Å². The molecular formula is C23H47NO4. The summed E-state index contributed by atoms with van der Waals surface area (Å²) in [6.45, 7) is 12.7. The maximum absolute atomic E-state index is 10.1. The molecule has 1 fully saturated rings. The highest BCUT2D eigenvalue weighted by molar-refractivity contribution is 4.88. The van der Waals surface area contributed by atoms with Crippen LogP contribution in [-0.4, -0.2) is 73.9 Å². The van der Waals surface area contributed by atoms with E-state index in [4.69, 9.17) is 14.6 Å². The summed E-state index contributed by atoms with van der Waals surface area (Å²) >= 11 is 0. The summed E-state index contributed by atoms with van der Waals surface area (Å²) in [5.41, 5.74) is 0.333. The Hall–Kier alpha value is -0.200. The number of ether oxygens (including phenoxy) is 2. The van der Waals surface area contributed by atoms with Gasteiger partial charge in [0.1, 0.15) is 0 Å². The summed E-state index contributed by atoms with van der Waals surface area (Å²) in [4.78, 5) is 2.12. The molecular weight excluding hydrogens is 354 g/mol. The molecule has 0 amide bonds. The molecule has 2 N–H and O–H groups in total. The molecule has 5 nitrogen and oxygen atoms in total. The first kappa shape index (κ1) is 25.8. The van der Waals surface area contributed by atoms with Crippen molar-refractivity contribution in [3.8, 4) is 0 Å². The highest BCUT2D eigenvalue weighted by Crippen LogP contribution is 2.46. The molecule has 1 saturated carbocycles. The van der Waals surface area contributed by atoms with Crippen LogP contribution < -0.4 is 0 Å². The second-order valence-corrected chi connectivity index (χ2v) is 9.22. The fourth-order valence-corrected chi connectivity index (χ4v) is 4.80. The molecule has 5 heteroatoms. The van der Waals surface area contributed by atoms with Gasteiger partial charge in [-0.2, -0.15) is 0 Å². The van der Waals surface area contributed by atoms with Crippen LogP contribution in [0, 0.1) is 17.3 Å². The number of aliphatic hydroxyl groups excluding tert-OH is 2. The molecule has 168 valence electrons. The van der Waals surface area contributed by atoms with Crippen LogP contribution in [0.5, 0.6) is 0 Å². The lowest BCUT2D eigenvalue weighted by Crippen LogP contribution is -2.38. The van der Waals surface area contributed by atoms with Gasteiger partial charge in [-0.05, 0) is 69.4 Å². The highest BCUT2D eigenvalue weighted by atomic mass is 16.5. The Labute approximate surface area is 173 Å². The Balaban J connectivity index is 2.36. The minimum Gasteiger partial charge on any atom is -0.394 e. The SMILES string of the molecule is CCC(CCCOCCO)C(C)(C)C1CCC(OCC(O)CN(C)CC)CC1. The standard InChI is InChI=1S/C23H47NO4/c1-6-19(9-8-15-27-16-14-25)23(3,4)20-10-12-22(13-11-20)28-18-21(26)17-24(5)7-2/h19-22,25-26H,6-18H2,1-5H3. The molecule has 2 unspecified atom stereocenters. The molecule has 0 aromatic heterocycles. The fourth-order valence-electron chi connectivity index (χ4n) is 4.80. The van der Waals surface area contributed by atoms with Crippen LogP contribution >= 0.6 is 0 Å². The highest BCUT2D eigenvalue weighted by Gasteiger charge is 2.38. The zero-order valence-corrected chi connectivity index (χ0v) is 19.2. The van der Waals surface area contributed by atoms with Gasteiger partial charge in [-0.1, -0.05) is 34.1 Å². The fraction of sp³-hybridized carbons (Fsp3) is 1.00. The Bertz CT molecular complexity index is 383. The third-order valence-electron chi connectivity index (χ3n) is 6.93. The smallest absolute Gasteiger partial charge is 0.0900 e. The predicted octanol–water partition coefficient (Wildman–Crippen LogP) is 3.72. The molecule has 0 bridgehead atoms. The van der Waals surface area contributed by atoms with Gasteiger partial charge in [0.15, 0.2) is 0 Å². The molecule has 0 aliphatic heterocycles.